The van der Waals surface area contributed by atoms with E-state index in [0.29, 0.717) is 12.2 Å². The number of rotatable bonds is 3. The standard InChI is InChI=1S/C17H16N2O2S/c1-12(20)19-9-8-13-4-5-14(11-16(13)19)18-17(21)7-6-15-3-2-10-22-15/h2-7,10-11H,8-9H2,1H3,(H,18,21)/b7-6+. The third kappa shape index (κ3) is 3.09. The van der Waals surface area contributed by atoms with Gasteiger partial charge in [-0.05, 0) is 41.6 Å². The molecule has 4 nitrogen and oxygen atoms in total. The van der Waals surface area contributed by atoms with Gasteiger partial charge in [0.2, 0.25) is 11.8 Å². The molecule has 0 unspecified atom stereocenters. The van der Waals surface area contributed by atoms with Gasteiger partial charge in [-0.3, -0.25) is 9.59 Å². The molecule has 1 aliphatic heterocycles. The van der Waals surface area contributed by atoms with Crippen molar-refractivity contribution in [2.24, 2.45) is 0 Å². The summed E-state index contributed by atoms with van der Waals surface area (Å²) >= 11 is 1.58. The summed E-state index contributed by atoms with van der Waals surface area (Å²) in [4.78, 5) is 26.3. The normalized spacial score (nSPS) is 13.4. The minimum absolute atomic E-state index is 0.0276. The van der Waals surface area contributed by atoms with Gasteiger partial charge in [0.25, 0.3) is 0 Å². The summed E-state index contributed by atoms with van der Waals surface area (Å²) in [6, 6.07) is 9.60. The summed E-state index contributed by atoms with van der Waals surface area (Å²) in [7, 11) is 0. The molecule has 0 atom stereocenters. The van der Waals surface area contributed by atoms with Crippen molar-refractivity contribution in [3.8, 4) is 0 Å². The highest BCUT2D eigenvalue weighted by atomic mass is 32.1. The van der Waals surface area contributed by atoms with Crippen molar-refractivity contribution < 1.29 is 9.59 Å². The van der Waals surface area contributed by atoms with Gasteiger partial charge >= 0.3 is 0 Å². The Labute approximate surface area is 133 Å². The predicted octanol–water partition coefficient (Wildman–Crippen LogP) is 3.31. The molecule has 0 bridgehead atoms. The van der Waals surface area contributed by atoms with Crippen LogP contribution in [0.2, 0.25) is 0 Å². The third-order valence-electron chi connectivity index (χ3n) is 3.57. The largest absolute Gasteiger partial charge is 0.322 e. The zero-order valence-corrected chi connectivity index (χ0v) is 13.0. The van der Waals surface area contributed by atoms with Crippen LogP contribution in [0.3, 0.4) is 0 Å². The number of anilines is 2. The Bertz CT molecular complexity index is 735. The number of carbonyl (C=O) groups excluding carboxylic acids is 2. The fourth-order valence-electron chi connectivity index (χ4n) is 2.51. The molecule has 0 radical (unpaired) electrons. The van der Waals surface area contributed by atoms with Crippen molar-refractivity contribution in [1.82, 2.24) is 0 Å². The number of hydrogen-bond donors (Lipinski definition) is 1. The second-order valence-electron chi connectivity index (χ2n) is 5.10. The SMILES string of the molecule is CC(=O)N1CCc2ccc(NC(=O)/C=C/c3cccs3)cc21. The highest BCUT2D eigenvalue weighted by molar-refractivity contribution is 7.10. The second-order valence-corrected chi connectivity index (χ2v) is 6.08. The Balaban J connectivity index is 1.72. The lowest BCUT2D eigenvalue weighted by Crippen LogP contribution is -2.25. The quantitative estimate of drug-likeness (QED) is 0.884. The first-order chi connectivity index (χ1) is 10.6. The topological polar surface area (TPSA) is 49.4 Å². The van der Waals surface area contributed by atoms with Crippen molar-refractivity contribution in [3.63, 3.8) is 0 Å². The fourth-order valence-corrected chi connectivity index (χ4v) is 3.13. The van der Waals surface area contributed by atoms with E-state index >= 15 is 0 Å². The molecule has 2 heterocycles. The zero-order valence-electron chi connectivity index (χ0n) is 12.2. The van der Waals surface area contributed by atoms with E-state index in [2.05, 4.69) is 5.32 Å². The minimum Gasteiger partial charge on any atom is -0.322 e. The molecule has 22 heavy (non-hydrogen) atoms. The molecule has 0 aliphatic carbocycles. The molecule has 1 aromatic heterocycles. The smallest absolute Gasteiger partial charge is 0.248 e. The van der Waals surface area contributed by atoms with Gasteiger partial charge in [-0.2, -0.15) is 0 Å². The maximum Gasteiger partial charge on any atom is 0.248 e. The first kappa shape index (κ1) is 14.5. The predicted molar refractivity (Wildman–Crippen MR) is 90.2 cm³/mol. The van der Waals surface area contributed by atoms with Gasteiger partial charge in [-0.15, -0.1) is 11.3 Å². The van der Waals surface area contributed by atoms with E-state index in [4.69, 9.17) is 0 Å². The van der Waals surface area contributed by atoms with Gasteiger partial charge in [-0.1, -0.05) is 12.1 Å². The summed E-state index contributed by atoms with van der Waals surface area (Å²) in [6.07, 6.45) is 4.17. The molecule has 0 fully saturated rings. The molecule has 0 spiro atoms. The molecule has 1 aromatic carbocycles. The van der Waals surface area contributed by atoms with E-state index in [1.807, 2.05) is 35.7 Å². The number of benzene rings is 1. The van der Waals surface area contributed by atoms with Crippen LogP contribution in [0.15, 0.2) is 41.8 Å². The van der Waals surface area contributed by atoms with Crippen molar-refractivity contribution in [1.29, 1.82) is 0 Å². The van der Waals surface area contributed by atoms with Crippen molar-refractivity contribution in [2.45, 2.75) is 13.3 Å². The summed E-state index contributed by atoms with van der Waals surface area (Å²) in [5.41, 5.74) is 2.74. The maximum absolute atomic E-state index is 11.9. The summed E-state index contributed by atoms with van der Waals surface area (Å²) in [5.74, 6) is -0.152. The van der Waals surface area contributed by atoms with Crippen molar-refractivity contribution >= 4 is 40.6 Å². The molecule has 3 rings (SSSR count). The van der Waals surface area contributed by atoms with Gasteiger partial charge < -0.3 is 10.2 Å². The molecule has 0 saturated carbocycles. The van der Waals surface area contributed by atoms with Crippen LogP contribution in [0.25, 0.3) is 6.08 Å². The Hall–Kier alpha value is -2.40. The average molecular weight is 312 g/mol. The molecule has 1 N–H and O–H groups in total. The van der Waals surface area contributed by atoms with Crippen molar-refractivity contribution in [2.75, 3.05) is 16.8 Å². The number of fused-ring (bicyclic) bond motifs is 1. The first-order valence-corrected chi connectivity index (χ1v) is 7.95. The van der Waals surface area contributed by atoms with Crippen LogP contribution in [-0.4, -0.2) is 18.4 Å². The number of carbonyl (C=O) groups is 2. The number of nitrogens with one attached hydrogen (secondary N) is 1. The molecule has 1 aliphatic rings. The average Bonchev–Trinajstić information content (AvgIpc) is 3.14. The van der Waals surface area contributed by atoms with E-state index < -0.39 is 0 Å². The highest BCUT2D eigenvalue weighted by Crippen LogP contribution is 2.30. The van der Waals surface area contributed by atoms with Gasteiger partial charge in [0.15, 0.2) is 0 Å². The van der Waals surface area contributed by atoms with E-state index in [1.54, 1.807) is 29.2 Å². The summed E-state index contributed by atoms with van der Waals surface area (Å²) in [5, 5.41) is 4.80. The molecule has 112 valence electrons. The molecule has 0 saturated heterocycles. The molecule has 2 aromatic rings. The number of hydrogen-bond acceptors (Lipinski definition) is 3. The van der Waals surface area contributed by atoms with Crippen LogP contribution in [0.5, 0.6) is 0 Å². The summed E-state index contributed by atoms with van der Waals surface area (Å²) < 4.78 is 0. The number of thiophene rings is 1. The van der Waals surface area contributed by atoms with Crippen LogP contribution >= 0.6 is 11.3 Å². The fraction of sp³-hybridized carbons (Fsp3) is 0.176. The number of amides is 2. The Morgan fingerprint density at radius 2 is 2.18 bits per heavy atom. The lowest BCUT2D eigenvalue weighted by molar-refractivity contribution is -0.116. The Morgan fingerprint density at radius 3 is 2.91 bits per heavy atom. The van der Waals surface area contributed by atoms with Crippen LogP contribution in [0.1, 0.15) is 17.4 Å². The van der Waals surface area contributed by atoms with Gasteiger partial charge in [0.1, 0.15) is 0 Å². The maximum atomic E-state index is 11.9. The molecular formula is C17H16N2O2S. The van der Waals surface area contributed by atoms with Gasteiger partial charge in [0.05, 0.1) is 0 Å². The van der Waals surface area contributed by atoms with E-state index in [1.165, 1.54) is 6.08 Å². The van der Waals surface area contributed by atoms with E-state index in [0.717, 1.165) is 22.5 Å². The summed E-state index contributed by atoms with van der Waals surface area (Å²) in [6.45, 7) is 2.27. The van der Waals surface area contributed by atoms with E-state index in [-0.39, 0.29) is 11.8 Å². The molecular weight excluding hydrogens is 296 g/mol. The van der Waals surface area contributed by atoms with Crippen molar-refractivity contribution in [3.05, 3.63) is 52.2 Å². The van der Waals surface area contributed by atoms with E-state index in [9.17, 15) is 9.59 Å². The van der Waals surface area contributed by atoms with Gasteiger partial charge in [-0.25, -0.2) is 0 Å². The third-order valence-corrected chi connectivity index (χ3v) is 4.41. The first-order valence-electron chi connectivity index (χ1n) is 7.07. The van der Waals surface area contributed by atoms with Gasteiger partial charge in [0, 0.05) is 35.8 Å². The Morgan fingerprint density at radius 1 is 1.32 bits per heavy atom. The lowest BCUT2D eigenvalue weighted by atomic mass is 10.1. The monoisotopic (exact) mass is 312 g/mol. The van der Waals surface area contributed by atoms with Crippen LogP contribution in [0.4, 0.5) is 11.4 Å². The van der Waals surface area contributed by atoms with Crippen LogP contribution in [-0.2, 0) is 16.0 Å². The zero-order chi connectivity index (χ0) is 15.5. The number of nitrogens with zero attached hydrogens (tertiary/aromatic N) is 1. The lowest BCUT2D eigenvalue weighted by Gasteiger charge is -2.15. The highest BCUT2D eigenvalue weighted by Gasteiger charge is 2.22. The van der Waals surface area contributed by atoms with Crippen LogP contribution in [0, 0.1) is 0 Å². The van der Waals surface area contributed by atoms with Crippen LogP contribution < -0.4 is 10.2 Å². The second kappa shape index (κ2) is 6.15. The minimum atomic E-state index is -0.180. The molecule has 5 heteroatoms. The molecule has 2 amide bonds. The Kier molecular flexibility index (Phi) is 4.06.